The van der Waals surface area contributed by atoms with E-state index < -0.39 is 5.97 Å². The van der Waals surface area contributed by atoms with E-state index in [1.165, 1.54) is 0 Å². The number of morpholine rings is 1. The number of nitrogens with zero attached hydrogens (tertiary/aromatic N) is 4. The number of hydrogen-bond acceptors (Lipinski definition) is 7. The predicted molar refractivity (Wildman–Crippen MR) is 156 cm³/mol. The molecule has 0 bridgehead atoms. The second-order valence-electron chi connectivity index (χ2n) is 10.1. The van der Waals surface area contributed by atoms with E-state index in [1.807, 2.05) is 29.6 Å². The Morgan fingerprint density at radius 1 is 1.15 bits per heavy atom. The first-order chi connectivity index (χ1) is 18.9. The third kappa shape index (κ3) is 6.17. The molecule has 3 aromatic rings. The number of aryl methyl sites for hydroxylation is 1. The third-order valence-corrected chi connectivity index (χ3v) is 6.67. The van der Waals surface area contributed by atoms with Crippen LogP contribution in [0.1, 0.15) is 62.2 Å². The lowest BCUT2D eigenvalue weighted by Gasteiger charge is -2.28. The molecule has 0 unspecified atom stereocenters. The first-order valence-electron chi connectivity index (χ1n) is 13.8. The molecule has 8 nitrogen and oxygen atoms in total. The van der Waals surface area contributed by atoms with E-state index in [0.717, 1.165) is 42.1 Å². The molecule has 1 aliphatic heterocycles. The summed E-state index contributed by atoms with van der Waals surface area (Å²) in [7, 11) is 1.58. The molecular formula is C31H40N4O4. The van der Waals surface area contributed by atoms with Crippen LogP contribution in [0.4, 0.5) is 5.82 Å². The minimum Gasteiger partial charge on any atom is -0.480 e. The second-order valence-corrected chi connectivity index (χ2v) is 10.1. The lowest BCUT2D eigenvalue weighted by molar-refractivity contribution is 0.0528. The van der Waals surface area contributed by atoms with Gasteiger partial charge in [-0.25, -0.2) is 14.3 Å². The average molecular weight is 533 g/mol. The number of ether oxygens (including phenoxy) is 3. The van der Waals surface area contributed by atoms with Crippen LogP contribution in [0.25, 0.3) is 16.6 Å². The summed E-state index contributed by atoms with van der Waals surface area (Å²) in [6.07, 6.45) is 2.23. The van der Waals surface area contributed by atoms with Gasteiger partial charge < -0.3 is 19.1 Å². The summed E-state index contributed by atoms with van der Waals surface area (Å²) >= 11 is 0. The summed E-state index contributed by atoms with van der Waals surface area (Å²) in [6, 6.07) is 12.2. The van der Waals surface area contributed by atoms with Gasteiger partial charge in [0.2, 0.25) is 5.90 Å². The van der Waals surface area contributed by atoms with E-state index in [4.69, 9.17) is 24.3 Å². The molecule has 0 amide bonds. The zero-order chi connectivity index (χ0) is 27.9. The minimum atomic E-state index is -0.426. The highest BCUT2D eigenvalue weighted by atomic mass is 16.5. The Kier molecular flexibility index (Phi) is 9.41. The van der Waals surface area contributed by atoms with Gasteiger partial charge in [-0.3, -0.25) is 0 Å². The lowest BCUT2D eigenvalue weighted by atomic mass is 10.0. The van der Waals surface area contributed by atoms with E-state index >= 15 is 0 Å². The molecule has 1 saturated heterocycles. The van der Waals surface area contributed by atoms with Crippen LogP contribution in [0, 0.1) is 5.92 Å². The molecule has 0 N–H and O–H groups in total. The predicted octanol–water partition coefficient (Wildman–Crippen LogP) is 5.92. The van der Waals surface area contributed by atoms with Crippen LogP contribution in [-0.2, 0) is 20.6 Å². The van der Waals surface area contributed by atoms with Gasteiger partial charge in [-0.1, -0.05) is 64.1 Å². The zero-order valence-corrected chi connectivity index (χ0v) is 23.8. The molecule has 39 heavy (non-hydrogen) atoms. The molecule has 1 fully saturated rings. The van der Waals surface area contributed by atoms with Crippen LogP contribution < -0.4 is 4.90 Å². The fourth-order valence-electron chi connectivity index (χ4n) is 5.05. The number of allylic oxidation sites excluding steroid dienone is 1. The highest BCUT2D eigenvalue weighted by molar-refractivity contribution is 6.13. The Labute approximate surface area is 231 Å². The molecule has 0 radical (unpaired) electrons. The zero-order valence-electron chi connectivity index (χ0n) is 23.8. The fourth-order valence-corrected chi connectivity index (χ4v) is 5.05. The van der Waals surface area contributed by atoms with E-state index in [9.17, 15) is 4.79 Å². The Bertz CT molecular complexity index is 1340. The van der Waals surface area contributed by atoms with Crippen molar-refractivity contribution in [3.63, 3.8) is 0 Å². The molecule has 4 rings (SSSR count). The Balaban J connectivity index is 2.11. The Morgan fingerprint density at radius 3 is 2.49 bits per heavy atom. The molecule has 0 spiro atoms. The first kappa shape index (κ1) is 28.4. The quantitative estimate of drug-likeness (QED) is 0.183. The molecule has 0 aliphatic carbocycles. The fraction of sp³-hybridized carbons (Fsp3) is 0.452. The molecule has 2 aromatic heterocycles. The van der Waals surface area contributed by atoms with Crippen LogP contribution in [0.2, 0.25) is 0 Å². The largest absolute Gasteiger partial charge is 0.480 e. The first-order valence-corrected chi connectivity index (χ1v) is 13.8. The monoisotopic (exact) mass is 532 g/mol. The van der Waals surface area contributed by atoms with Crippen LogP contribution in [0.15, 0.2) is 53.7 Å². The van der Waals surface area contributed by atoms with Crippen LogP contribution in [0.3, 0.4) is 0 Å². The van der Waals surface area contributed by atoms with Gasteiger partial charge in [0, 0.05) is 24.4 Å². The van der Waals surface area contributed by atoms with Gasteiger partial charge in [0.25, 0.3) is 0 Å². The third-order valence-electron chi connectivity index (χ3n) is 6.67. The number of hydrogen-bond donors (Lipinski definition) is 0. The molecule has 0 saturated carbocycles. The van der Waals surface area contributed by atoms with Gasteiger partial charge >= 0.3 is 5.97 Å². The molecule has 1 aromatic carbocycles. The van der Waals surface area contributed by atoms with Gasteiger partial charge in [-0.05, 0) is 37.3 Å². The summed E-state index contributed by atoms with van der Waals surface area (Å²) < 4.78 is 19.0. The normalized spacial score (nSPS) is 14.2. The van der Waals surface area contributed by atoms with Crippen molar-refractivity contribution in [3.8, 4) is 11.1 Å². The van der Waals surface area contributed by atoms with Gasteiger partial charge in [0.15, 0.2) is 0 Å². The van der Waals surface area contributed by atoms with Crippen molar-refractivity contribution in [2.24, 2.45) is 10.9 Å². The number of anilines is 1. The minimum absolute atomic E-state index is 0.248. The van der Waals surface area contributed by atoms with Crippen molar-refractivity contribution in [2.45, 2.75) is 47.0 Å². The molecule has 8 heteroatoms. The molecular weight excluding hydrogens is 492 g/mol. The van der Waals surface area contributed by atoms with Gasteiger partial charge in [-0.2, -0.15) is 0 Å². The SMILES string of the molecule is C=C(CC(C)C)N=C(OC)c1c(C(=O)OCC)c2c(-c3ccccc3)cc(N3CCOCC3)nn2c1CCC. The number of methoxy groups -OCH3 is 1. The van der Waals surface area contributed by atoms with Crippen molar-refractivity contribution < 1.29 is 19.0 Å². The van der Waals surface area contributed by atoms with Gasteiger partial charge in [0.05, 0.1) is 43.7 Å². The van der Waals surface area contributed by atoms with Gasteiger partial charge in [0.1, 0.15) is 11.4 Å². The van der Waals surface area contributed by atoms with Crippen molar-refractivity contribution in [1.82, 2.24) is 9.61 Å². The second kappa shape index (κ2) is 12.9. The summed E-state index contributed by atoms with van der Waals surface area (Å²) in [6.45, 7) is 15.4. The van der Waals surface area contributed by atoms with Crippen LogP contribution in [-0.4, -0.2) is 61.5 Å². The van der Waals surface area contributed by atoms with E-state index in [-0.39, 0.29) is 6.61 Å². The summed E-state index contributed by atoms with van der Waals surface area (Å²) in [5, 5.41) is 5.12. The molecule has 1 aliphatic rings. The topological polar surface area (TPSA) is 77.7 Å². The number of benzene rings is 1. The van der Waals surface area contributed by atoms with Crippen molar-refractivity contribution in [1.29, 1.82) is 0 Å². The number of fused-ring (bicyclic) bond motifs is 1. The number of aromatic nitrogens is 2. The maximum Gasteiger partial charge on any atom is 0.341 e. The highest BCUT2D eigenvalue weighted by Crippen LogP contribution is 2.36. The highest BCUT2D eigenvalue weighted by Gasteiger charge is 2.32. The Morgan fingerprint density at radius 2 is 1.87 bits per heavy atom. The molecule has 0 atom stereocenters. The van der Waals surface area contributed by atoms with Crippen LogP contribution in [0.5, 0.6) is 0 Å². The summed E-state index contributed by atoms with van der Waals surface area (Å²) in [5.74, 6) is 1.14. The standard InChI is InChI=1S/C31H40N4O4/c1-7-12-25-27(30(37-6)32-22(5)19-21(3)4)28(31(36)39-8-2)29-24(23-13-10-9-11-14-23)20-26(33-35(25)29)34-15-17-38-18-16-34/h9-11,13-14,20-21H,5,7-8,12,15-19H2,1-4,6H3. The maximum atomic E-state index is 13.7. The van der Waals surface area contributed by atoms with E-state index in [0.29, 0.717) is 60.2 Å². The Hall–Kier alpha value is -3.65. The smallest absolute Gasteiger partial charge is 0.341 e. The van der Waals surface area contributed by atoms with Crippen LogP contribution >= 0.6 is 0 Å². The average Bonchev–Trinajstić information content (AvgIpc) is 3.26. The number of carbonyl (C=O) groups is 1. The number of carbonyl (C=O) groups excluding carboxylic acids is 1. The van der Waals surface area contributed by atoms with Gasteiger partial charge in [-0.15, -0.1) is 5.10 Å². The van der Waals surface area contributed by atoms with E-state index in [2.05, 4.69) is 50.4 Å². The van der Waals surface area contributed by atoms with Crippen molar-refractivity contribution >= 4 is 23.2 Å². The number of rotatable bonds is 10. The lowest BCUT2D eigenvalue weighted by Crippen LogP contribution is -2.37. The molecule has 208 valence electrons. The number of esters is 1. The summed E-state index contributed by atoms with van der Waals surface area (Å²) in [4.78, 5) is 20.7. The maximum absolute atomic E-state index is 13.7. The van der Waals surface area contributed by atoms with E-state index in [1.54, 1.807) is 7.11 Å². The molecule has 3 heterocycles. The number of aliphatic imine (C=N–C) groups is 1. The summed E-state index contributed by atoms with van der Waals surface area (Å²) in [5.41, 5.74) is 5.16. The van der Waals surface area contributed by atoms with Crippen molar-refractivity contribution in [2.75, 3.05) is 44.9 Å². The van der Waals surface area contributed by atoms with Crippen molar-refractivity contribution in [3.05, 3.63) is 65.5 Å².